The molecule has 110 valence electrons. The number of nitrogens with one attached hydrogen (secondary N) is 1. The van der Waals surface area contributed by atoms with E-state index in [0.29, 0.717) is 5.69 Å². The Hall–Kier alpha value is -1.83. The zero-order valence-electron chi connectivity index (χ0n) is 11.0. The summed E-state index contributed by atoms with van der Waals surface area (Å²) in [6.45, 7) is 2.09. The summed E-state index contributed by atoms with van der Waals surface area (Å²) >= 11 is 0. The molecule has 0 aromatic carbocycles. The van der Waals surface area contributed by atoms with Crippen molar-refractivity contribution in [3.8, 4) is 0 Å². The van der Waals surface area contributed by atoms with Gasteiger partial charge < -0.3 is 21.2 Å². The van der Waals surface area contributed by atoms with Crippen molar-refractivity contribution in [2.75, 3.05) is 6.61 Å². The number of alkyl halides is 3. The summed E-state index contributed by atoms with van der Waals surface area (Å²) in [7, 11) is 0. The highest BCUT2D eigenvalue weighted by Gasteiger charge is 2.58. The quantitative estimate of drug-likeness (QED) is 0.861. The molecule has 2 atom stereocenters. The molecule has 2 rings (SSSR count). The lowest BCUT2D eigenvalue weighted by molar-refractivity contribution is -0.249. The first-order chi connectivity index (χ1) is 9.08. The molecule has 1 aliphatic rings. The van der Waals surface area contributed by atoms with Crippen molar-refractivity contribution in [3.05, 3.63) is 29.6 Å². The van der Waals surface area contributed by atoms with E-state index in [1.54, 1.807) is 19.1 Å². The summed E-state index contributed by atoms with van der Waals surface area (Å²) in [6, 6.07) is 4.62. The number of hydrogen-bond donors (Lipinski definition) is 1. The molecule has 1 aliphatic heterocycles. The van der Waals surface area contributed by atoms with Gasteiger partial charge in [-0.3, -0.25) is 4.99 Å². The second kappa shape index (κ2) is 4.34. The first-order valence-corrected chi connectivity index (χ1v) is 5.84. The summed E-state index contributed by atoms with van der Waals surface area (Å²) in [4.78, 5) is 7.90. The minimum atomic E-state index is -4.65. The van der Waals surface area contributed by atoms with Crippen LogP contribution in [0.2, 0.25) is 0 Å². The van der Waals surface area contributed by atoms with E-state index in [1.165, 1.54) is 6.07 Å². The highest BCUT2D eigenvalue weighted by atomic mass is 19.4. The van der Waals surface area contributed by atoms with E-state index < -0.39 is 23.2 Å². The van der Waals surface area contributed by atoms with Crippen LogP contribution < -0.4 is 5.73 Å². The Kier molecular flexibility index (Phi) is 3.16. The molecule has 20 heavy (non-hydrogen) atoms. The predicted molar refractivity (Wildman–Crippen MR) is 67.6 cm³/mol. The maximum Gasteiger partial charge on any atom is 0.424 e. The third kappa shape index (κ3) is 2.20. The van der Waals surface area contributed by atoms with Gasteiger partial charge in [-0.1, -0.05) is 24.0 Å². The molecule has 3 N–H and O–H groups in total. The van der Waals surface area contributed by atoms with Crippen molar-refractivity contribution in [3.63, 3.8) is 0 Å². The van der Waals surface area contributed by atoms with Crippen LogP contribution in [0.3, 0.4) is 0 Å². The van der Waals surface area contributed by atoms with Crippen LogP contribution in [0, 0.1) is 0 Å². The Bertz CT molecular complexity index is 560. The Morgan fingerprint density at radius 3 is 2.50 bits per heavy atom. The van der Waals surface area contributed by atoms with E-state index in [0.717, 1.165) is 6.92 Å². The van der Waals surface area contributed by atoms with E-state index in [2.05, 4.69) is 9.98 Å². The maximum absolute atomic E-state index is 13.0. The number of aromatic nitrogens is 1. The topological polar surface area (TPSA) is 84.3 Å². The average molecular weight is 287 g/mol. The molecule has 0 bridgehead atoms. The van der Waals surface area contributed by atoms with Gasteiger partial charge in [0, 0.05) is 0 Å². The maximum atomic E-state index is 13.0. The van der Waals surface area contributed by atoms with Gasteiger partial charge in [0.1, 0.15) is 11.4 Å². The number of halogens is 3. The Morgan fingerprint density at radius 1 is 1.35 bits per heavy atom. The largest absolute Gasteiger partial charge is 0.482 e. The van der Waals surface area contributed by atoms with Gasteiger partial charge in [0.05, 0.1) is 6.61 Å². The Morgan fingerprint density at radius 2 is 2.00 bits per heavy atom. The van der Waals surface area contributed by atoms with Crippen LogP contribution in [0.4, 0.5) is 19.0 Å². The number of nitrogens with zero attached hydrogens (tertiary/aromatic N) is 2. The standard InChI is InChI=1S/C12H14F3N4O/c1-10(7-4-3-5-8(16)18-7)6-20-11(2,9(17)19-10)12(13,14)15/h3-5H,6H2,1-2H3,(H3-,16,17,18,19)/q-1/t10-,11+/m0/s1. The zero-order chi connectivity index (χ0) is 15.2. The minimum Gasteiger partial charge on any atom is -0.482 e. The summed E-state index contributed by atoms with van der Waals surface area (Å²) in [6.07, 6.45) is -4.65. The van der Waals surface area contributed by atoms with Crippen molar-refractivity contribution in [2.24, 2.45) is 10.7 Å². The van der Waals surface area contributed by atoms with Crippen LogP contribution in [-0.4, -0.2) is 29.2 Å². The first-order valence-electron chi connectivity index (χ1n) is 5.84. The smallest absolute Gasteiger partial charge is 0.424 e. The summed E-state index contributed by atoms with van der Waals surface area (Å²) < 4.78 is 43.9. The molecule has 0 aliphatic carbocycles. The molecule has 0 fully saturated rings. The van der Waals surface area contributed by atoms with Crippen LogP contribution in [0.15, 0.2) is 23.2 Å². The highest BCUT2D eigenvalue weighted by molar-refractivity contribution is 5.90. The number of rotatable bonds is 1. The van der Waals surface area contributed by atoms with Gasteiger partial charge in [-0.15, -0.1) is 0 Å². The average Bonchev–Trinajstić information content (AvgIpc) is 2.33. The summed E-state index contributed by atoms with van der Waals surface area (Å²) in [5.41, 5.74) is 9.56. The molecular weight excluding hydrogens is 273 g/mol. The third-order valence-electron chi connectivity index (χ3n) is 3.34. The lowest BCUT2D eigenvalue weighted by atomic mass is 9.93. The molecule has 0 saturated carbocycles. The van der Waals surface area contributed by atoms with Gasteiger partial charge in [-0.25, -0.2) is 0 Å². The highest BCUT2D eigenvalue weighted by Crippen LogP contribution is 2.40. The lowest BCUT2D eigenvalue weighted by Gasteiger charge is -2.41. The second-order valence-corrected chi connectivity index (χ2v) is 5.00. The Balaban J connectivity index is 2.44. The van der Waals surface area contributed by atoms with Gasteiger partial charge in [-0.05, 0) is 19.5 Å². The van der Waals surface area contributed by atoms with Crippen molar-refractivity contribution in [2.45, 2.75) is 31.2 Å². The molecular formula is C12H14F3N4O-. The molecule has 8 heteroatoms. The van der Waals surface area contributed by atoms with Gasteiger partial charge >= 0.3 is 6.18 Å². The fourth-order valence-corrected chi connectivity index (χ4v) is 1.86. The van der Waals surface area contributed by atoms with E-state index in [9.17, 15) is 13.2 Å². The van der Waals surface area contributed by atoms with Crippen molar-refractivity contribution in [1.29, 1.82) is 0 Å². The van der Waals surface area contributed by atoms with E-state index in [4.69, 9.17) is 16.2 Å². The van der Waals surface area contributed by atoms with Crippen LogP contribution in [0.1, 0.15) is 19.5 Å². The predicted octanol–water partition coefficient (Wildman–Crippen LogP) is 2.69. The monoisotopic (exact) mass is 287 g/mol. The fourth-order valence-electron chi connectivity index (χ4n) is 1.86. The van der Waals surface area contributed by atoms with Crippen LogP contribution in [0.5, 0.6) is 0 Å². The van der Waals surface area contributed by atoms with Crippen molar-refractivity contribution >= 4 is 11.7 Å². The second-order valence-electron chi connectivity index (χ2n) is 5.00. The summed E-state index contributed by atoms with van der Waals surface area (Å²) in [5.74, 6) is -0.641. The van der Waals surface area contributed by atoms with Crippen LogP contribution >= 0.6 is 0 Å². The van der Waals surface area contributed by atoms with Gasteiger partial charge in [0.15, 0.2) is 0 Å². The van der Waals surface area contributed by atoms with Crippen LogP contribution in [0.25, 0.3) is 5.73 Å². The molecule has 2 heterocycles. The van der Waals surface area contributed by atoms with Crippen molar-refractivity contribution in [1.82, 2.24) is 4.98 Å². The fraction of sp³-hybridized carbons (Fsp3) is 0.500. The number of hydrogen-bond acceptors (Lipinski definition) is 4. The number of nitrogens with two attached hydrogens (primary N) is 1. The van der Waals surface area contributed by atoms with Crippen LogP contribution in [-0.2, 0) is 10.3 Å². The number of ether oxygens (including phenoxy) is 1. The third-order valence-corrected chi connectivity index (χ3v) is 3.34. The first kappa shape index (κ1) is 14.6. The van der Waals surface area contributed by atoms with E-state index >= 15 is 0 Å². The number of aliphatic imine (C=N–C) groups is 1. The molecule has 0 unspecified atom stereocenters. The molecule has 0 saturated heterocycles. The molecule has 5 nitrogen and oxygen atoms in total. The molecule has 0 amide bonds. The SMILES string of the molecule is C[C@@]1(c2cccc([NH-])n2)CO[C@@](C)(C(F)(F)F)C(N)=N1. The normalized spacial score (nSPS) is 30.9. The van der Waals surface area contributed by atoms with Gasteiger partial charge in [0.25, 0.3) is 0 Å². The lowest BCUT2D eigenvalue weighted by Crippen LogP contribution is -2.60. The molecule has 1 aromatic heterocycles. The summed E-state index contributed by atoms with van der Waals surface area (Å²) in [5, 5.41) is 0. The van der Waals surface area contributed by atoms with Gasteiger partial charge in [-0.2, -0.15) is 13.2 Å². The van der Waals surface area contributed by atoms with Crippen molar-refractivity contribution < 1.29 is 17.9 Å². The minimum absolute atomic E-state index is 0.00153. The van der Waals surface area contributed by atoms with E-state index in [-0.39, 0.29) is 12.4 Å². The molecule has 1 aromatic rings. The van der Waals surface area contributed by atoms with E-state index in [1.807, 2.05) is 0 Å². The number of pyridine rings is 1. The molecule has 0 spiro atoms. The van der Waals surface area contributed by atoms with Gasteiger partial charge in [0.2, 0.25) is 5.60 Å². The molecule has 0 radical (unpaired) electrons. The zero-order valence-corrected chi connectivity index (χ0v) is 11.0. The number of amidine groups is 1. The Labute approximate surface area is 113 Å².